The number of non-ortho nitro benzene ring substituents is 1. The minimum absolute atomic E-state index is 0.0467. The van der Waals surface area contributed by atoms with Gasteiger partial charge in [-0.25, -0.2) is 0 Å². The summed E-state index contributed by atoms with van der Waals surface area (Å²) < 4.78 is 6.28. The van der Waals surface area contributed by atoms with Crippen molar-refractivity contribution < 1.29 is 18.9 Å². The largest absolute Gasteiger partial charge is 0.457 e. The van der Waals surface area contributed by atoms with Crippen LogP contribution in [0.5, 0.6) is 0 Å². The Labute approximate surface area is 193 Å². The molecule has 1 aliphatic heterocycles. The SMILES string of the molecule is O=C1S/C(=C\c2ccc(-c3ccc([N+](=O)[O-])cc3Br)o2)C(=O)N1Cc1ccccc1Cl. The van der Waals surface area contributed by atoms with E-state index in [0.717, 1.165) is 16.7 Å². The molecule has 10 heteroatoms. The molecule has 1 aliphatic rings. The van der Waals surface area contributed by atoms with Crippen molar-refractivity contribution in [3.8, 4) is 11.3 Å². The molecular formula is C21H12BrClN2O5S. The lowest BCUT2D eigenvalue weighted by molar-refractivity contribution is -0.384. The summed E-state index contributed by atoms with van der Waals surface area (Å²) in [6, 6.07) is 14.7. The highest BCUT2D eigenvalue weighted by atomic mass is 79.9. The van der Waals surface area contributed by atoms with Crippen molar-refractivity contribution in [2.24, 2.45) is 0 Å². The smallest absolute Gasteiger partial charge is 0.293 e. The van der Waals surface area contributed by atoms with Crippen molar-refractivity contribution in [1.29, 1.82) is 0 Å². The Morgan fingerprint density at radius 1 is 1.16 bits per heavy atom. The molecule has 0 bridgehead atoms. The Bertz CT molecular complexity index is 1260. The number of hydrogen-bond acceptors (Lipinski definition) is 6. The number of nitrogens with zero attached hydrogens (tertiary/aromatic N) is 2. The molecule has 2 aromatic carbocycles. The van der Waals surface area contributed by atoms with Crippen molar-refractivity contribution >= 4 is 62.2 Å². The van der Waals surface area contributed by atoms with E-state index in [9.17, 15) is 19.7 Å². The highest BCUT2D eigenvalue weighted by Crippen LogP contribution is 2.36. The van der Waals surface area contributed by atoms with E-state index >= 15 is 0 Å². The molecule has 0 aliphatic carbocycles. The average molecular weight is 520 g/mol. The van der Waals surface area contributed by atoms with E-state index in [-0.39, 0.29) is 22.4 Å². The molecule has 156 valence electrons. The lowest BCUT2D eigenvalue weighted by atomic mass is 10.1. The summed E-state index contributed by atoms with van der Waals surface area (Å²) >= 11 is 10.3. The molecule has 1 aromatic heterocycles. The molecule has 0 unspecified atom stereocenters. The molecule has 3 aromatic rings. The molecule has 2 heterocycles. The van der Waals surface area contributed by atoms with Crippen LogP contribution >= 0.6 is 39.3 Å². The molecule has 2 amide bonds. The van der Waals surface area contributed by atoms with E-state index in [2.05, 4.69) is 15.9 Å². The van der Waals surface area contributed by atoms with Gasteiger partial charge in [0.1, 0.15) is 11.5 Å². The van der Waals surface area contributed by atoms with Gasteiger partial charge in [-0.15, -0.1) is 0 Å². The molecule has 0 radical (unpaired) electrons. The van der Waals surface area contributed by atoms with Gasteiger partial charge in [-0.1, -0.05) is 29.8 Å². The third-order valence-corrected chi connectivity index (χ3v) is 6.42. The standard InChI is InChI=1S/C21H12BrClN2O5S/c22-16-9-13(25(28)29)5-7-15(16)18-8-6-14(30-18)10-19-20(26)24(21(27)31-19)11-12-3-1-2-4-17(12)23/h1-10H,11H2/b19-10-. The molecule has 7 nitrogen and oxygen atoms in total. The number of furan rings is 1. The van der Waals surface area contributed by atoms with Gasteiger partial charge in [0.2, 0.25) is 0 Å². The minimum atomic E-state index is -0.485. The maximum atomic E-state index is 12.7. The molecule has 0 spiro atoms. The summed E-state index contributed by atoms with van der Waals surface area (Å²) in [5.41, 5.74) is 1.25. The fraction of sp³-hybridized carbons (Fsp3) is 0.0476. The van der Waals surface area contributed by atoms with Crippen LogP contribution in [0.4, 0.5) is 10.5 Å². The van der Waals surface area contributed by atoms with Crippen LogP contribution in [0.3, 0.4) is 0 Å². The maximum Gasteiger partial charge on any atom is 0.293 e. The average Bonchev–Trinajstić information content (AvgIpc) is 3.29. The number of carbonyl (C=O) groups is 2. The van der Waals surface area contributed by atoms with Crippen LogP contribution in [0.25, 0.3) is 17.4 Å². The molecule has 0 saturated carbocycles. The summed E-state index contributed by atoms with van der Waals surface area (Å²) in [4.78, 5) is 36.9. The second-order valence-corrected chi connectivity index (χ2v) is 8.74. The summed E-state index contributed by atoms with van der Waals surface area (Å²) in [7, 11) is 0. The third-order valence-electron chi connectivity index (χ3n) is 4.49. The quantitative estimate of drug-likeness (QED) is 0.217. The Morgan fingerprint density at radius 2 is 1.94 bits per heavy atom. The van der Waals surface area contributed by atoms with E-state index in [1.807, 2.05) is 0 Å². The van der Waals surface area contributed by atoms with Gasteiger partial charge in [-0.05, 0) is 57.5 Å². The zero-order valence-corrected chi connectivity index (χ0v) is 18.7. The van der Waals surface area contributed by atoms with Crippen molar-refractivity contribution in [1.82, 2.24) is 4.90 Å². The summed E-state index contributed by atoms with van der Waals surface area (Å²) in [6.45, 7) is 0.0842. The second kappa shape index (κ2) is 8.70. The molecule has 1 saturated heterocycles. The van der Waals surface area contributed by atoms with E-state index < -0.39 is 10.8 Å². The number of halogens is 2. The normalized spacial score (nSPS) is 15.2. The summed E-state index contributed by atoms with van der Waals surface area (Å²) in [5, 5.41) is 11.0. The fourth-order valence-corrected chi connectivity index (χ4v) is 4.53. The van der Waals surface area contributed by atoms with Gasteiger partial charge in [0.15, 0.2) is 0 Å². The molecule has 1 fully saturated rings. The Balaban J connectivity index is 1.56. The van der Waals surface area contributed by atoms with E-state index in [4.69, 9.17) is 16.0 Å². The van der Waals surface area contributed by atoms with Crippen molar-refractivity contribution in [3.05, 3.63) is 90.4 Å². The van der Waals surface area contributed by atoms with E-state index in [0.29, 0.717) is 32.1 Å². The fourth-order valence-electron chi connectivity index (χ4n) is 2.96. The number of benzene rings is 2. The first-order valence-electron chi connectivity index (χ1n) is 8.86. The molecule has 31 heavy (non-hydrogen) atoms. The second-order valence-electron chi connectivity index (χ2n) is 6.48. The predicted octanol–water partition coefficient (Wildman–Crippen LogP) is 6.51. The lowest BCUT2D eigenvalue weighted by Gasteiger charge is -2.13. The number of imide groups is 1. The van der Waals surface area contributed by atoms with Gasteiger partial charge in [0, 0.05) is 33.3 Å². The number of rotatable bonds is 5. The van der Waals surface area contributed by atoms with Gasteiger partial charge >= 0.3 is 0 Å². The van der Waals surface area contributed by atoms with Crippen molar-refractivity contribution in [2.45, 2.75) is 6.54 Å². The monoisotopic (exact) mass is 518 g/mol. The first-order valence-corrected chi connectivity index (χ1v) is 10.8. The molecule has 4 rings (SSSR count). The van der Waals surface area contributed by atoms with E-state index in [1.165, 1.54) is 18.2 Å². The number of hydrogen-bond donors (Lipinski definition) is 0. The third kappa shape index (κ3) is 4.43. The van der Waals surface area contributed by atoms with Crippen molar-refractivity contribution in [2.75, 3.05) is 0 Å². The lowest BCUT2D eigenvalue weighted by Crippen LogP contribution is -2.27. The van der Waals surface area contributed by atoms with Gasteiger partial charge in [-0.2, -0.15) is 0 Å². The van der Waals surface area contributed by atoms with E-state index in [1.54, 1.807) is 42.5 Å². The maximum absolute atomic E-state index is 12.7. The van der Waals surface area contributed by atoms with Gasteiger partial charge in [-0.3, -0.25) is 24.6 Å². The van der Waals surface area contributed by atoms with Crippen LogP contribution < -0.4 is 0 Å². The number of nitro groups is 1. The summed E-state index contributed by atoms with van der Waals surface area (Å²) in [5.74, 6) is 0.413. The van der Waals surface area contributed by atoms with Crippen LogP contribution in [0.1, 0.15) is 11.3 Å². The van der Waals surface area contributed by atoms with Crippen molar-refractivity contribution in [3.63, 3.8) is 0 Å². The highest BCUT2D eigenvalue weighted by molar-refractivity contribution is 9.10. The number of carbonyl (C=O) groups excluding carboxylic acids is 2. The van der Waals surface area contributed by atoms with Gasteiger partial charge in [0.25, 0.3) is 16.8 Å². The Morgan fingerprint density at radius 3 is 2.65 bits per heavy atom. The molecule has 0 atom stereocenters. The zero-order valence-electron chi connectivity index (χ0n) is 15.6. The zero-order chi connectivity index (χ0) is 22.1. The van der Waals surface area contributed by atoms with Crippen LogP contribution in [0, 0.1) is 10.1 Å². The Kier molecular flexibility index (Phi) is 5.99. The number of thioether (sulfide) groups is 1. The minimum Gasteiger partial charge on any atom is -0.457 e. The van der Waals surface area contributed by atoms with Crippen LogP contribution in [0.15, 0.2) is 68.4 Å². The summed E-state index contributed by atoms with van der Waals surface area (Å²) in [6.07, 6.45) is 1.50. The van der Waals surface area contributed by atoms with Crippen LogP contribution in [-0.2, 0) is 11.3 Å². The number of amides is 2. The first kappa shape index (κ1) is 21.4. The molecular weight excluding hydrogens is 508 g/mol. The van der Waals surface area contributed by atoms with Crippen LogP contribution in [-0.4, -0.2) is 21.0 Å². The van der Waals surface area contributed by atoms with Gasteiger partial charge in [0.05, 0.1) is 16.4 Å². The predicted molar refractivity (Wildman–Crippen MR) is 121 cm³/mol. The first-order chi connectivity index (χ1) is 14.8. The highest BCUT2D eigenvalue weighted by Gasteiger charge is 2.35. The topological polar surface area (TPSA) is 93.7 Å². The molecule has 0 N–H and O–H groups in total. The van der Waals surface area contributed by atoms with Gasteiger partial charge < -0.3 is 4.42 Å². The Hall–Kier alpha value is -2.88. The van der Waals surface area contributed by atoms with Crippen LogP contribution in [0.2, 0.25) is 5.02 Å². The number of nitro benzene ring substituents is 1.